The lowest BCUT2D eigenvalue weighted by Crippen LogP contribution is -2.12. The molecule has 0 spiro atoms. The van der Waals surface area contributed by atoms with Crippen LogP contribution in [0.25, 0.3) is 5.57 Å². The Morgan fingerprint density at radius 3 is 2.19 bits per heavy atom. The summed E-state index contributed by atoms with van der Waals surface area (Å²) >= 11 is 0. The van der Waals surface area contributed by atoms with Gasteiger partial charge in [0.05, 0.1) is 4.92 Å². The Morgan fingerprint density at radius 2 is 1.81 bits per heavy atom. The molecule has 0 amide bonds. The van der Waals surface area contributed by atoms with Crippen LogP contribution in [0.5, 0.6) is 0 Å². The number of halogens is 3. The number of benzene rings is 1. The maximum atomic E-state index is 12.5. The van der Waals surface area contributed by atoms with Crippen molar-refractivity contribution in [3.8, 4) is 0 Å². The number of nitrogens with zero attached hydrogens (tertiary/aromatic N) is 1. The summed E-state index contributed by atoms with van der Waals surface area (Å²) in [6, 6.07) is 5.35. The molecule has 0 radical (unpaired) electrons. The first-order valence-corrected chi connectivity index (χ1v) is 4.30. The third-order valence-corrected chi connectivity index (χ3v) is 1.90. The van der Waals surface area contributed by atoms with Crippen LogP contribution in [0.2, 0.25) is 0 Å². The standard InChI is InChI=1S/C10H8F3NO2/c1-7-2-4-8(5-3-7)9(6-14(15)16)10(11,12)13/h2-6H,1H3/b9-6+. The first kappa shape index (κ1) is 12.2. The highest BCUT2D eigenvalue weighted by Crippen LogP contribution is 2.33. The van der Waals surface area contributed by atoms with E-state index >= 15 is 0 Å². The molecule has 0 aliphatic heterocycles. The van der Waals surface area contributed by atoms with Gasteiger partial charge in [-0.15, -0.1) is 0 Å². The zero-order valence-corrected chi connectivity index (χ0v) is 8.28. The van der Waals surface area contributed by atoms with Crippen LogP contribution in [0.1, 0.15) is 11.1 Å². The Morgan fingerprint density at radius 1 is 1.31 bits per heavy atom. The maximum absolute atomic E-state index is 12.5. The Bertz CT molecular complexity index is 421. The van der Waals surface area contributed by atoms with E-state index in [9.17, 15) is 23.3 Å². The number of hydrogen-bond donors (Lipinski definition) is 0. The van der Waals surface area contributed by atoms with Crippen LogP contribution in [-0.2, 0) is 0 Å². The topological polar surface area (TPSA) is 43.1 Å². The van der Waals surface area contributed by atoms with Crippen LogP contribution in [0.4, 0.5) is 13.2 Å². The highest BCUT2D eigenvalue weighted by Gasteiger charge is 2.37. The number of aryl methyl sites for hydroxylation is 1. The lowest BCUT2D eigenvalue weighted by molar-refractivity contribution is -0.402. The van der Waals surface area contributed by atoms with Crippen molar-refractivity contribution in [2.75, 3.05) is 0 Å². The van der Waals surface area contributed by atoms with Gasteiger partial charge in [0.25, 0.3) is 0 Å². The van der Waals surface area contributed by atoms with E-state index in [4.69, 9.17) is 0 Å². The van der Waals surface area contributed by atoms with Gasteiger partial charge < -0.3 is 0 Å². The normalized spacial score (nSPS) is 12.6. The van der Waals surface area contributed by atoms with Crippen molar-refractivity contribution in [1.29, 1.82) is 0 Å². The quantitative estimate of drug-likeness (QED) is 0.579. The molecule has 1 aromatic carbocycles. The number of nitro groups is 1. The van der Waals surface area contributed by atoms with E-state index < -0.39 is 16.7 Å². The molecule has 0 bridgehead atoms. The average Bonchev–Trinajstić information content (AvgIpc) is 2.14. The predicted molar refractivity (Wildman–Crippen MR) is 52.2 cm³/mol. The van der Waals surface area contributed by atoms with Gasteiger partial charge in [-0.3, -0.25) is 10.1 Å². The molecule has 86 valence electrons. The molecule has 0 atom stereocenters. The largest absolute Gasteiger partial charge is 0.422 e. The lowest BCUT2D eigenvalue weighted by atomic mass is 10.1. The van der Waals surface area contributed by atoms with Crippen molar-refractivity contribution in [3.63, 3.8) is 0 Å². The van der Waals surface area contributed by atoms with Gasteiger partial charge in [0.2, 0.25) is 6.20 Å². The molecule has 0 fully saturated rings. The minimum absolute atomic E-state index is 0.0231. The van der Waals surface area contributed by atoms with Crippen molar-refractivity contribution < 1.29 is 18.1 Å². The lowest BCUT2D eigenvalue weighted by Gasteiger charge is -2.09. The van der Waals surface area contributed by atoms with Gasteiger partial charge in [0, 0.05) is 0 Å². The fraction of sp³-hybridized carbons (Fsp3) is 0.200. The smallest absolute Gasteiger partial charge is 0.259 e. The Balaban J connectivity index is 3.23. The first-order chi connectivity index (χ1) is 7.30. The second-order valence-electron chi connectivity index (χ2n) is 3.19. The summed E-state index contributed by atoms with van der Waals surface area (Å²) in [6.45, 7) is 1.72. The molecule has 0 heterocycles. The zero-order chi connectivity index (χ0) is 12.3. The number of hydrogen-bond acceptors (Lipinski definition) is 2. The predicted octanol–water partition coefficient (Wildman–Crippen LogP) is 3.17. The third kappa shape index (κ3) is 3.08. The van der Waals surface area contributed by atoms with Crippen molar-refractivity contribution >= 4 is 5.57 Å². The van der Waals surface area contributed by atoms with Crippen molar-refractivity contribution in [3.05, 3.63) is 51.7 Å². The number of rotatable bonds is 2. The molecular formula is C10H8F3NO2. The molecule has 0 saturated heterocycles. The monoisotopic (exact) mass is 231 g/mol. The molecule has 3 nitrogen and oxygen atoms in total. The number of allylic oxidation sites excluding steroid dienone is 1. The summed E-state index contributed by atoms with van der Waals surface area (Å²) in [5, 5.41) is 10.1. The molecule has 0 aliphatic rings. The van der Waals surface area contributed by atoms with Gasteiger partial charge in [0.15, 0.2) is 0 Å². The molecule has 1 rings (SSSR count). The van der Waals surface area contributed by atoms with E-state index in [1.165, 1.54) is 24.3 Å². The first-order valence-electron chi connectivity index (χ1n) is 4.30. The van der Waals surface area contributed by atoms with E-state index in [2.05, 4.69) is 0 Å². The van der Waals surface area contributed by atoms with Gasteiger partial charge in [-0.25, -0.2) is 0 Å². The SMILES string of the molecule is Cc1ccc(/C(=C\[N+](=O)[O-])C(F)(F)F)cc1. The summed E-state index contributed by atoms with van der Waals surface area (Å²) in [5.74, 6) is 0. The fourth-order valence-corrected chi connectivity index (χ4v) is 1.15. The van der Waals surface area contributed by atoms with Gasteiger partial charge >= 0.3 is 6.18 Å². The highest BCUT2D eigenvalue weighted by molar-refractivity contribution is 5.68. The van der Waals surface area contributed by atoms with E-state index in [0.717, 1.165) is 5.56 Å². The van der Waals surface area contributed by atoms with Crippen molar-refractivity contribution in [2.45, 2.75) is 13.1 Å². The zero-order valence-electron chi connectivity index (χ0n) is 8.28. The van der Waals surface area contributed by atoms with Gasteiger partial charge in [-0.2, -0.15) is 13.2 Å². The van der Waals surface area contributed by atoms with Gasteiger partial charge in [0.1, 0.15) is 5.57 Å². The van der Waals surface area contributed by atoms with Crippen LogP contribution in [0.15, 0.2) is 30.5 Å². The molecule has 0 N–H and O–H groups in total. The van der Waals surface area contributed by atoms with Crippen LogP contribution in [-0.4, -0.2) is 11.1 Å². The molecular weight excluding hydrogens is 223 g/mol. The van der Waals surface area contributed by atoms with Gasteiger partial charge in [-0.05, 0) is 12.5 Å². The summed E-state index contributed by atoms with van der Waals surface area (Å²) < 4.78 is 37.5. The van der Waals surface area contributed by atoms with E-state index in [0.29, 0.717) is 0 Å². The van der Waals surface area contributed by atoms with Crippen molar-refractivity contribution in [2.24, 2.45) is 0 Å². The summed E-state index contributed by atoms with van der Waals surface area (Å²) in [7, 11) is 0. The van der Waals surface area contributed by atoms with Crippen LogP contribution in [0.3, 0.4) is 0 Å². The molecule has 0 aromatic heterocycles. The molecule has 1 aromatic rings. The average molecular weight is 231 g/mol. The van der Waals surface area contributed by atoms with Crippen LogP contribution in [0, 0.1) is 17.0 Å². The minimum atomic E-state index is -4.73. The summed E-state index contributed by atoms with van der Waals surface area (Å²) in [6.07, 6.45) is -4.76. The molecule has 16 heavy (non-hydrogen) atoms. The summed E-state index contributed by atoms with van der Waals surface area (Å²) in [4.78, 5) is 9.02. The number of alkyl halides is 3. The second-order valence-corrected chi connectivity index (χ2v) is 3.19. The molecule has 0 unspecified atom stereocenters. The Hall–Kier alpha value is -1.85. The third-order valence-electron chi connectivity index (χ3n) is 1.90. The molecule has 0 aliphatic carbocycles. The molecule has 6 heteroatoms. The highest BCUT2D eigenvalue weighted by atomic mass is 19.4. The minimum Gasteiger partial charge on any atom is -0.259 e. The Kier molecular flexibility index (Phi) is 3.31. The fourth-order valence-electron chi connectivity index (χ4n) is 1.15. The van der Waals surface area contributed by atoms with E-state index in [1.807, 2.05) is 0 Å². The van der Waals surface area contributed by atoms with Crippen LogP contribution >= 0.6 is 0 Å². The maximum Gasteiger partial charge on any atom is 0.422 e. The second kappa shape index (κ2) is 4.34. The summed E-state index contributed by atoms with van der Waals surface area (Å²) in [5.41, 5.74) is -0.682. The van der Waals surface area contributed by atoms with Crippen molar-refractivity contribution in [1.82, 2.24) is 0 Å². The van der Waals surface area contributed by atoms with Crippen LogP contribution < -0.4 is 0 Å². The molecule has 0 saturated carbocycles. The van der Waals surface area contributed by atoms with E-state index in [1.54, 1.807) is 6.92 Å². The van der Waals surface area contributed by atoms with Gasteiger partial charge in [-0.1, -0.05) is 29.8 Å². The Labute approximate surface area is 89.4 Å². The van der Waals surface area contributed by atoms with E-state index in [-0.39, 0.29) is 11.8 Å².